The van der Waals surface area contributed by atoms with E-state index in [1.165, 1.54) is 36.8 Å². The van der Waals surface area contributed by atoms with Crippen molar-refractivity contribution in [3.8, 4) is 0 Å². The van der Waals surface area contributed by atoms with Gasteiger partial charge in [0.25, 0.3) is 0 Å². The summed E-state index contributed by atoms with van der Waals surface area (Å²) in [5.74, 6) is 1.25. The maximum absolute atomic E-state index is 15.2. The first-order valence-corrected chi connectivity index (χ1v) is 10.9. The summed E-state index contributed by atoms with van der Waals surface area (Å²) in [6.07, 6.45) is 10.8. The molecule has 1 atom stereocenters. The minimum absolute atomic E-state index is 0.00387. The Morgan fingerprint density at radius 3 is 2.44 bits per heavy atom. The number of hydrogen-bond donors (Lipinski definition) is 1. The topological polar surface area (TPSA) is 12.0 Å². The van der Waals surface area contributed by atoms with Gasteiger partial charge in [0.05, 0.1) is 0 Å². The normalized spacial score (nSPS) is 28.0. The van der Waals surface area contributed by atoms with E-state index in [0.29, 0.717) is 12.0 Å². The second-order valence-corrected chi connectivity index (χ2v) is 11.0. The van der Waals surface area contributed by atoms with Crippen LogP contribution in [0.3, 0.4) is 0 Å². The van der Waals surface area contributed by atoms with Crippen molar-refractivity contribution in [2.45, 2.75) is 84.6 Å². The summed E-state index contributed by atoms with van der Waals surface area (Å²) < 4.78 is 15.2. The van der Waals surface area contributed by atoms with Crippen LogP contribution < -0.4 is 5.32 Å². The van der Waals surface area contributed by atoms with E-state index in [4.69, 9.17) is 0 Å². The second kappa shape index (κ2) is 7.03. The van der Waals surface area contributed by atoms with Crippen LogP contribution in [0.4, 0.5) is 4.39 Å². The Bertz CT molecular complexity index is 710. The van der Waals surface area contributed by atoms with Crippen molar-refractivity contribution in [3.05, 3.63) is 41.2 Å². The molecular weight excluding hydrogens is 333 g/mol. The SMILES string of the molecule is CC1(C)CC(c2c(F)cccc2C2=CCNC(CC3CC3)C2)CC(C)(C)C1. The van der Waals surface area contributed by atoms with E-state index in [0.717, 1.165) is 37.3 Å². The molecule has 1 N–H and O–H groups in total. The predicted octanol–water partition coefficient (Wildman–Crippen LogP) is 6.69. The minimum Gasteiger partial charge on any atom is -0.310 e. The van der Waals surface area contributed by atoms with Gasteiger partial charge in [-0.1, -0.05) is 58.7 Å². The average Bonchev–Trinajstić information content (AvgIpc) is 3.36. The third-order valence-corrected chi connectivity index (χ3v) is 6.90. The first kappa shape index (κ1) is 19.2. The third kappa shape index (κ3) is 4.47. The smallest absolute Gasteiger partial charge is 0.127 e. The lowest BCUT2D eigenvalue weighted by Crippen LogP contribution is -2.35. The lowest BCUT2D eigenvalue weighted by molar-refractivity contribution is 0.0956. The van der Waals surface area contributed by atoms with Crippen LogP contribution in [0.25, 0.3) is 5.57 Å². The number of hydrogen-bond acceptors (Lipinski definition) is 1. The van der Waals surface area contributed by atoms with Gasteiger partial charge in [-0.3, -0.25) is 0 Å². The van der Waals surface area contributed by atoms with Crippen LogP contribution in [0.15, 0.2) is 24.3 Å². The Morgan fingerprint density at radius 1 is 1.07 bits per heavy atom. The molecule has 1 aliphatic heterocycles. The number of nitrogens with one attached hydrogen (secondary N) is 1. The Hall–Kier alpha value is -1.15. The Balaban J connectivity index is 1.65. The van der Waals surface area contributed by atoms with Crippen molar-refractivity contribution in [2.75, 3.05) is 6.54 Å². The summed E-state index contributed by atoms with van der Waals surface area (Å²) in [5, 5.41) is 3.66. The average molecular weight is 370 g/mol. The lowest BCUT2D eigenvalue weighted by Gasteiger charge is -2.45. The van der Waals surface area contributed by atoms with E-state index in [-0.39, 0.29) is 16.6 Å². The van der Waals surface area contributed by atoms with Gasteiger partial charge in [-0.2, -0.15) is 0 Å². The molecule has 4 rings (SSSR count). The molecule has 1 unspecified atom stereocenters. The van der Waals surface area contributed by atoms with Crippen LogP contribution >= 0.6 is 0 Å². The second-order valence-electron chi connectivity index (χ2n) is 11.0. The molecule has 2 aliphatic carbocycles. The van der Waals surface area contributed by atoms with Gasteiger partial charge in [0, 0.05) is 12.6 Å². The quantitative estimate of drug-likeness (QED) is 0.623. The molecule has 1 aromatic carbocycles. The molecule has 2 heteroatoms. The molecule has 0 aromatic heterocycles. The zero-order valence-corrected chi connectivity index (χ0v) is 17.6. The van der Waals surface area contributed by atoms with Crippen LogP contribution in [-0.2, 0) is 0 Å². The van der Waals surface area contributed by atoms with E-state index < -0.39 is 0 Å². The fraction of sp³-hybridized carbons (Fsp3) is 0.680. The molecule has 2 fully saturated rings. The summed E-state index contributed by atoms with van der Waals surface area (Å²) in [7, 11) is 0. The van der Waals surface area contributed by atoms with Crippen LogP contribution in [0, 0.1) is 22.6 Å². The summed E-state index contributed by atoms with van der Waals surface area (Å²) in [6, 6.07) is 6.33. The number of rotatable bonds is 4. The Morgan fingerprint density at radius 2 is 1.78 bits per heavy atom. The van der Waals surface area contributed by atoms with Crippen molar-refractivity contribution in [1.29, 1.82) is 0 Å². The summed E-state index contributed by atoms with van der Waals surface area (Å²) in [4.78, 5) is 0. The fourth-order valence-electron chi connectivity index (χ4n) is 6.19. The summed E-state index contributed by atoms with van der Waals surface area (Å²) >= 11 is 0. The van der Waals surface area contributed by atoms with Crippen LogP contribution in [-0.4, -0.2) is 12.6 Å². The molecule has 1 nitrogen and oxygen atoms in total. The highest BCUT2D eigenvalue weighted by atomic mass is 19.1. The molecule has 27 heavy (non-hydrogen) atoms. The standard InChI is InChI=1S/C25H36FN/c1-24(2)14-19(15-25(3,4)16-24)23-21(6-5-7-22(23)26)18-10-11-27-20(13-18)12-17-8-9-17/h5-7,10,17,19-20,27H,8-9,11-16H2,1-4H3. The molecule has 0 spiro atoms. The Labute approximate surface area is 164 Å². The first-order valence-electron chi connectivity index (χ1n) is 10.9. The van der Waals surface area contributed by atoms with E-state index >= 15 is 4.39 Å². The highest BCUT2D eigenvalue weighted by Crippen LogP contribution is 2.53. The zero-order valence-electron chi connectivity index (χ0n) is 17.6. The predicted molar refractivity (Wildman–Crippen MR) is 112 cm³/mol. The molecular formula is C25H36FN. The van der Waals surface area contributed by atoms with E-state index in [1.54, 1.807) is 6.07 Å². The van der Waals surface area contributed by atoms with Crippen molar-refractivity contribution in [2.24, 2.45) is 16.7 Å². The van der Waals surface area contributed by atoms with E-state index in [9.17, 15) is 0 Å². The van der Waals surface area contributed by atoms with Crippen LogP contribution in [0.2, 0.25) is 0 Å². The van der Waals surface area contributed by atoms with Gasteiger partial charge in [0.1, 0.15) is 5.82 Å². The van der Waals surface area contributed by atoms with Gasteiger partial charge in [-0.25, -0.2) is 4.39 Å². The molecule has 2 saturated carbocycles. The third-order valence-electron chi connectivity index (χ3n) is 6.90. The highest BCUT2D eigenvalue weighted by Gasteiger charge is 2.40. The van der Waals surface area contributed by atoms with Crippen molar-refractivity contribution in [1.82, 2.24) is 5.32 Å². The maximum Gasteiger partial charge on any atom is 0.127 e. The Kier molecular flexibility index (Phi) is 4.99. The molecule has 0 bridgehead atoms. The molecule has 0 amide bonds. The fourth-order valence-corrected chi connectivity index (χ4v) is 6.19. The summed E-state index contributed by atoms with van der Waals surface area (Å²) in [6.45, 7) is 10.4. The van der Waals surface area contributed by atoms with Crippen molar-refractivity contribution in [3.63, 3.8) is 0 Å². The van der Waals surface area contributed by atoms with Crippen LogP contribution in [0.1, 0.15) is 89.7 Å². The molecule has 0 saturated heterocycles. The molecule has 3 aliphatic rings. The minimum atomic E-state index is 0.00387. The monoisotopic (exact) mass is 369 g/mol. The largest absolute Gasteiger partial charge is 0.310 e. The van der Waals surface area contributed by atoms with Gasteiger partial charge in [-0.05, 0) is 77.5 Å². The van der Waals surface area contributed by atoms with Crippen LogP contribution in [0.5, 0.6) is 0 Å². The number of benzene rings is 1. The van der Waals surface area contributed by atoms with E-state index in [1.807, 2.05) is 6.07 Å². The van der Waals surface area contributed by atoms with Gasteiger partial charge in [0.15, 0.2) is 0 Å². The van der Waals surface area contributed by atoms with Gasteiger partial charge < -0.3 is 5.32 Å². The van der Waals surface area contributed by atoms with E-state index in [2.05, 4.69) is 45.2 Å². The highest BCUT2D eigenvalue weighted by molar-refractivity contribution is 5.70. The van der Waals surface area contributed by atoms with Crippen molar-refractivity contribution >= 4 is 5.57 Å². The molecule has 1 heterocycles. The van der Waals surface area contributed by atoms with Gasteiger partial charge >= 0.3 is 0 Å². The number of halogens is 1. The van der Waals surface area contributed by atoms with Gasteiger partial charge in [-0.15, -0.1) is 0 Å². The molecule has 148 valence electrons. The summed E-state index contributed by atoms with van der Waals surface area (Å²) in [5.41, 5.74) is 4.09. The van der Waals surface area contributed by atoms with Gasteiger partial charge in [0.2, 0.25) is 0 Å². The first-order chi connectivity index (χ1) is 12.7. The lowest BCUT2D eigenvalue weighted by atomic mass is 9.59. The van der Waals surface area contributed by atoms with Crippen molar-refractivity contribution < 1.29 is 4.39 Å². The zero-order chi connectivity index (χ0) is 19.2. The maximum atomic E-state index is 15.2. The molecule has 1 aromatic rings. The molecule has 0 radical (unpaired) electrons.